The minimum atomic E-state index is -1.27. The fraction of sp³-hybridized carbons (Fsp3) is 0.818. The second kappa shape index (κ2) is 3.20. The van der Waals surface area contributed by atoms with E-state index in [2.05, 4.69) is 0 Å². The highest BCUT2D eigenvalue weighted by atomic mass is 16.5. The normalized spacial score (nSPS) is 32.2. The Bertz CT molecular complexity index is 344. The number of hydrogen-bond donors (Lipinski definition) is 2. The molecule has 1 aliphatic rings. The number of amides is 2. The van der Waals surface area contributed by atoms with Gasteiger partial charge in [-0.05, 0) is 20.8 Å². The Kier molecular flexibility index (Phi) is 2.59. The fourth-order valence-corrected chi connectivity index (χ4v) is 2.46. The predicted octanol–water partition coefficient (Wildman–Crippen LogP) is 0.167. The van der Waals surface area contributed by atoms with Crippen molar-refractivity contribution in [1.29, 1.82) is 0 Å². The summed E-state index contributed by atoms with van der Waals surface area (Å²) >= 11 is 0. The van der Waals surface area contributed by atoms with Gasteiger partial charge >= 0.3 is 0 Å². The lowest BCUT2D eigenvalue weighted by Crippen LogP contribution is -2.44. The topological polar surface area (TPSA) is 95.4 Å². The minimum Gasteiger partial charge on any atom is -0.369 e. The monoisotopic (exact) mass is 228 g/mol. The zero-order valence-corrected chi connectivity index (χ0v) is 10.5. The third-order valence-corrected chi connectivity index (χ3v) is 3.12. The molecule has 0 spiro atoms. The quantitative estimate of drug-likeness (QED) is 0.720. The van der Waals surface area contributed by atoms with E-state index in [0.717, 1.165) is 0 Å². The number of rotatable bonds is 3. The first-order valence-electron chi connectivity index (χ1n) is 5.26. The van der Waals surface area contributed by atoms with Crippen molar-refractivity contribution in [2.45, 2.75) is 45.8 Å². The molecule has 0 saturated heterocycles. The van der Waals surface area contributed by atoms with E-state index < -0.39 is 34.3 Å². The average Bonchev–Trinajstić information content (AvgIpc) is 2.44. The van der Waals surface area contributed by atoms with Crippen molar-refractivity contribution in [2.24, 2.45) is 22.8 Å². The van der Waals surface area contributed by atoms with E-state index in [-0.39, 0.29) is 0 Å². The molecule has 0 aromatic rings. The van der Waals surface area contributed by atoms with E-state index in [9.17, 15) is 9.59 Å². The Hall–Kier alpha value is -1.10. The van der Waals surface area contributed by atoms with E-state index in [0.29, 0.717) is 0 Å². The highest BCUT2D eigenvalue weighted by Gasteiger charge is 2.80. The standard InChI is InChI=1S/C11H20N2O3/c1-9(2,3)16-11(8(13)15)6(7(12)14)10(11,4)5/h6H,1-5H3,(H2,12,14)(H2,13,15). The summed E-state index contributed by atoms with van der Waals surface area (Å²) in [5, 5.41) is 0. The van der Waals surface area contributed by atoms with E-state index in [1.165, 1.54) is 0 Å². The highest BCUT2D eigenvalue weighted by molar-refractivity contribution is 5.99. The molecule has 1 aliphatic carbocycles. The molecule has 5 heteroatoms. The van der Waals surface area contributed by atoms with Gasteiger partial charge in [0.1, 0.15) is 0 Å². The summed E-state index contributed by atoms with van der Waals surface area (Å²) in [6.07, 6.45) is 0. The lowest BCUT2D eigenvalue weighted by atomic mass is 10.0. The van der Waals surface area contributed by atoms with Crippen LogP contribution in [0, 0.1) is 11.3 Å². The smallest absolute Gasteiger partial charge is 0.251 e. The van der Waals surface area contributed by atoms with Gasteiger partial charge in [0.15, 0.2) is 5.60 Å². The van der Waals surface area contributed by atoms with Crippen molar-refractivity contribution in [2.75, 3.05) is 0 Å². The summed E-state index contributed by atoms with van der Waals surface area (Å²) in [6.45, 7) is 8.95. The molecule has 92 valence electrons. The van der Waals surface area contributed by atoms with Gasteiger partial charge in [-0.25, -0.2) is 0 Å². The zero-order valence-electron chi connectivity index (χ0n) is 10.5. The van der Waals surface area contributed by atoms with Gasteiger partial charge in [-0.2, -0.15) is 0 Å². The molecule has 2 atom stereocenters. The average molecular weight is 228 g/mol. The van der Waals surface area contributed by atoms with Crippen LogP contribution in [0.15, 0.2) is 0 Å². The van der Waals surface area contributed by atoms with E-state index >= 15 is 0 Å². The van der Waals surface area contributed by atoms with Gasteiger partial charge in [-0.3, -0.25) is 9.59 Å². The Morgan fingerprint density at radius 2 is 1.62 bits per heavy atom. The highest BCUT2D eigenvalue weighted by Crippen LogP contribution is 2.64. The predicted molar refractivity (Wildman–Crippen MR) is 59.2 cm³/mol. The maximum absolute atomic E-state index is 11.6. The Balaban J connectivity index is 3.12. The molecule has 4 N–H and O–H groups in total. The Morgan fingerprint density at radius 3 is 1.81 bits per heavy atom. The van der Waals surface area contributed by atoms with E-state index in [1.54, 1.807) is 13.8 Å². The van der Waals surface area contributed by atoms with Gasteiger partial charge in [-0.1, -0.05) is 13.8 Å². The lowest BCUT2D eigenvalue weighted by Gasteiger charge is -2.28. The fourth-order valence-electron chi connectivity index (χ4n) is 2.46. The van der Waals surface area contributed by atoms with Crippen molar-refractivity contribution < 1.29 is 14.3 Å². The molecule has 0 bridgehead atoms. The number of hydrogen-bond acceptors (Lipinski definition) is 3. The Morgan fingerprint density at radius 1 is 1.19 bits per heavy atom. The maximum atomic E-state index is 11.6. The van der Waals surface area contributed by atoms with Crippen LogP contribution >= 0.6 is 0 Å². The minimum absolute atomic E-state index is 0.548. The molecule has 2 unspecified atom stereocenters. The molecule has 0 heterocycles. The SMILES string of the molecule is CC(C)(C)OC1(C(N)=O)C(C(N)=O)C1(C)C. The summed E-state index contributed by atoms with van der Waals surface area (Å²) in [7, 11) is 0. The van der Waals surface area contributed by atoms with Crippen LogP contribution in [0.5, 0.6) is 0 Å². The molecular weight excluding hydrogens is 208 g/mol. The molecule has 1 rings (SSSR count). The summed E-state index contributed by atoms with van der Waals surface area (Å²) in [6, 6.07) is 0. The summed E-state index contributed by atoms with van der Waals surface area (Å²) in [5.74, 6) is -1.83. The van der Waals surface area contributed by atoms with Gasteiger partial charge in [-0.15, -0.1) is 0 Å². The first kappa shape index (κ1) is 13.0. The molecule has 1 saturated carbocycles. The van der Waals surface area contributed by atoms with Crippen molar-refractivity contribution >= 4 is 11.8 Å². The molecule has 0 aliphatic heterocycles. The van der Waals surface area contributed by atoms with Crippen molar-refractivity contribution in [3.63, 3.8) is 0 Å². The van der Waals surface area contributed by atoms with Crippen LogP contribution in [-0.2, 0) is 14.3 Å². The zero-order chi connectivity index (χ0) is 12.9. The number of carbonyl (C=O) groups excluding carboxylic acids is 2. The van der Waals surface area contributed by atoms with Crippen LogP contribution in [0.3, 0.4) is 0 Å². The third-order valence-electron chi connectivity index (χ3n) is 3.12. The molecular formula is C11H20N2O3. The van der Waals surface area contributed by atoms with Gasteiger partial charge in [0.2, 0.25) is 5.91 Å². The van der Waals surface area contributed by atoms with Crippen molar-refractivity contribution in [1.82, 2.24) is 0 Å². The van der Waals surface area contributed by atoms with Crippen LogP contribution in [0.25, 0.3) is 0 Å². The lowest BCUT2D eigenvalue weighted by molar-refractivity contribution is -0.152. The van der Waals surface area contributed by atoms with Crippen LogP contribution in [0.1, 0.15) is 34.6 Å². The van der Waals surface area contributed by atoms with E-state index in [4.69, 9.17) is 16.2 Å². The van der Waals surface area contributed by atoms with Crippen LogP contribution in [-0.4, -0.2) is 23.0 Å². The molecule has 16 heavy (non-hydrogen) atoms. The van der Waals surface area contributed by atoms with E-state index in [1.807, 2.05) is 20.8 Å². The first-order valence-corrected chi connectivity index (χ1v) is 5.26. The number of nitrogens with two attached hydrogens (primary N) is 2. The van der Waals surface area contributed by atoms with Gasteiger partial charge in [0, 0.05) is 5.41 Å². The van der Waals surface area contributed by atoms with Gasteiger partial charge in [0.05, 0.1) is 11.5 Å². The van der Waals surface area contributed by atoms with Crippen LogP contribution in [0.2, 0.25) is 0 Å². The maximum Gasteiger partial charge on any atom is 0.251 e. The van der Waals surface area contributed by atoms with Crippen molar-refractivity contribution in [3.8, 4) is 0 Å². The third kappa shape index (κ3) is 1.59. The Labute approximate surface area is 95.5 Å². The van der Waals surface area contributed by atoms with Gasteiger partial charge in [0.25, 0.3) is 5.91 Å². The second-order valence-corrected chi connectivity index (χ2v) is 5.87. The van der Waals surface area contributed by atoms with Crippen LogP contribution in [0.4, 0.5) is 0 Å². The second-order valence-electron chi connectivity index (χ2n) is 5.87. The number of ether oxygens (including phenoxy) is 1. The first-order chi connectivity index (χ1) is 6.97. The molecule has 1 fully saturated rings. The molecule has 0 radical (unpaired) electrons. The largest absolute Gasteiger partial charge is 0.369 e. The number of carbonyl (C=O) groups is 2. The van der Waals surface area contributed by atoms with Crippen molar-refractivity contribution in [3.05, 3.63) is 0 Å². The summed E-state index contributed by atoms with van der Waals surface area (Å²) in [4.78, 5) is 22.9. The summed E-state index contributed by atoms with van der Waals surface area (Å²) in [5.41, 5.74) is 8.18. The summed E-state index contributed by atoms with van der Waals surface area (Å²) < 4.78 is 5.71. The molecule has 5 nitrogen and oxygen atoms in total. The molecule has 0 aromatic carbocycles. The van der Waals surface area contributed by atoms with Gasteiger partial charge < -0.3 is 16.2 Å². The molecule has 0 aromatic heterocycles. The van der Waals surface area contributed by atoms with Crippen LogP contribution < -0.4 is 11.5 Å². The number of primary amides is 2. The molecule has 2 amide bonds.